The minimum absolute atomic E-state index is 0.0741. The molecule has 2 fully saturated rings. The molecule has 0 bridgehead atoms. The van der Waals surface area contributed by atoms with Crippen LogP contribution in [0.2, 0.25) is 5.15 Å². The Kier molecular flexibility index (Phi) is 5.40. The van der Waals surface area contributed by atoms with Crippen LogP contribution in [0.4, 0.5) is 11.8 Å². The Morgan fingerprint density at radius 2 is 1.63 bits per heavy atom. The summed E-state index contributed by atoms with van der Waals surface area (Å²) in [4.78, 5) is 27.8. The van der Waals surface area contributed by atoms with Crippen LogP contribution < -0.4 is 9.80 Å². The van der Waals surface area contributed by atoms with Gasteiger partial charge >= 0.3 is 0 Å². The topological polar surface area (TPSA) is 61.8 Å². The number of rotatable bonds is 3. The van der Waals surface area contributed by atoms with Gasteiger partial charge in [0, 0.05) is 50.9 Å². The third-order valence-corrected chi connectivity index (χ3v) is 5.07. The third kappa shape index (κ3) is 4.14. The number of anilines is 2. The summed E-state index contributed by atoms with van der Waals surface area (Å²) in [5.74, 6) is 1.52. The summed E-state index contributed by atoms with van der Waals surface area (Å²) >= 11 is 6.25. The van der Waals surface area contributed by atoms with Gasteiger partial charge in [-0.3, -0.25) is 4.79 Å². The number of morpholine rings is 1. The summed E-state index contributed by atoms with van der Waals surface area (Å²) < 4.78 is 5.39. The zero-order chi connectivity index (χ0) is 18.6. The molecule has 0 unspecified atom stereocenters. The zero-order valence-electron chi connectivity index (χ0n) is 15.1. The Hall–Kier alpha value is -2.38. The van der Waals surface area contributed by atoms with Crippen LogP contribution in [0.5, 0.6) is 0 Å². The van der Waals surface area contributed by atoms with E-state index in [2.05, 4.69) is 14.8 Å². The number of carbonyl (C=O) groups excluding carboxylic acids is 1. The van der Waals surface area contributed by atoms with E-state index in [4.69, 9.17) is 21.3 Å². The zero-order valence-corrected chi connectivity index (χ0v) is 15.8. The van der Waals surface area contributed by atoms with Crippen LogP contribution >= 0.6 is 11.6 Å². The second-order valence-electron chi connectivity index (χ2n) is 6.59. The number of carbonyl (C=O) groups is 1. The fourth-order valence-electron chi connectivity index (χ4n) is 3.36. The summed E-state index contributed by atoms with van der Waals surface area (Å²) in [6.45, 7) is 5.61. The lowest BCUT2D eigenvalue weighted by Gasteiger charge is -2.36. The van der Waals surface area contributed by atoms with Crippen molar-refractivity contribution in [3.8, 4) is 0 Å². The first kappa shape index (κ1) is 18.0. The van der Waals surface area contributed by atoms with Gasteiger partial charge in [0.1, 0.15) is 11.0 Å². The molecule has 27 heavy (non-hydrogen) atoms. The van der Waals surface area contributed by atoms with E-state index in [0.717, 1.165) is 24.5 Å². The number of amides is 1. The van der Waals surface area contributed by atoms with E-state index in [1.165, 1.54) is 0 Å². The number of ether oxygens (including phenoxy) is 1. The van der Waals surface area contributed by atoms with E-state index in [-0.39, 0.29) is 5.91 Å². The van der Waals surface area contributed by atoms with E-state index >= 15 is 0 Å². The van der Waals surface area contributed by atoms with Crippen LogP contribution in [0, 0.1) is 0 Å². The van der Waals surface area contributed by atoms with Crippen molar-refractivity contribution in [3.63, 3.8) is 0 Å². The molecule has 0 atom stereocenters. The number of hydrogen-bond donors (Lipinski definition) is 0. The van der Waals surface area contributed by atoms with Crippen molar-refractivity contribution in [1.82, 2.24) is 14.9 Å². The summed E-state index contributed by atoms with van der Waals surface area (Å²) in [6, 6.07) is 11.2. The summed E-state index contributed by atoms with van der Waals surface area (Å²) in [6.07, 6.45) is 0. The molecule has 1 aromatic carbocycles. The second-order valence-corrected chi connectivity index (χ2v) is 6.98. The molecule has 142 valence electrons. The van der Waals surface area contributed by atoms with Crippen molar-refractivity contribution < 1.29 is 9.53 Å². The SMILES string of the molecule is O=C(c1ccccc1)N1CCN(c2cc(Cl)nc(N3CCOCC3)n2)CC1. The van der Waals surface area contributed by atoms with Gasteiger partial charge in [-0.2, -0.15) is 4.98 Å². The summed E-state index contributed by atoms with van der Waals surface area (Å²) in [5, 5.41) is 0.435. The van der Waals surface area contributed by atoms with Gasteiger partial charge in [0.05, 0.1) is 13.2 Å². The predicted molar refractivity (Wildman–Crippen MR) is 105 cm³/mol. The Labute approximate surface area is 163 Å². The molecule has 7 nitrogen and oxygen atoms in total. The fraction of sp³-hybridized carbons (Fsp3) is 0.421. The van der Waals surface area contributed by atoms with Crippen LogP contribution in [0.1, 0.15) is 10.4 Å². The number of nitrogens with zero attached hydrogens (tertiary/aromatic N) is 5. The third-order valence-electron chi connectivity index (χ3n) is 4.88. The van der Waals surface area contributed by atoms with Gasteiger partial charge in [-0.05, 0) is 12.1 Å². The van der Waals surface area contributed by atoms with E-state index in [1.807, 2.05) is 35.2 Å². The van der Waals surface area contributed by atoms with E-state index in [0.29, 0.717) is 50.5 Å². The lowest BCUT2D eigenvalue weighted by atomic mass is 10.2. The van der Waals surface area contributed by atoms with Crippen molar-refractivity contribution >= 4 is 29.3 Å². The molecular weight excluding hydrogens is 366 g/mol. The van der Waals surface area contributed by atoms with Crippen LogP contribution in [-0.4, -0.2) is 73.3 Å². The second kappa shape index (κ2) is 8.10. The standard InChI is InChI=1S/C19H22ClN5O2/c20-16-14-17(22-19(21-16)25-10-12-27-13-11-25)23-6-8-24(9-7-23)18(26)15-4-2-1-3-5-15/h1-5,14H,6-13H2. The average Bonchev–Trinajstić information content (AvgIpc) is 2.74. The fourth-order valence-corrected chi connectivity index (χ4v) is 3.54. The predicted octanol–water partition coefficient (Wildman–Crippen LogP) is 1.93. The maximum atomic E-state index is 12.6. The lowest BCUT2D eigenvalue weighted by molar-refractivity contribution is 0.0746. The summed E-state index contributed by atoms with van der Waals surface area (Å²) in [7, 11) is 0. The highest BCUT2D eigenvalue weighted by molar-refractivity contribution is 6.29. The van der Waals surface area contributed by atoms with Gasteiger partial charge in [-0.1, -0.05) is 29.8 Å². The monoisotopic (exact) mass is 387 g/mol. The van der Waals surface area contributed by atoms with Gasteiger partial charge in [-0.15, -0.1) is 0 Å². The van der Waals surface area contributed by atoms with E-state index in [1.54, 1.807) is 6.07 Å². The first-order chi connectivity index (χ1) is 13.2. The first-order valence-electron chi connectivity index (χ1n) is 9.17. The summed E-state index contributed by atoms with van der Waals surface area (Å²) in [5.41, 5.74) is 0.727. The highest BCUT2D eigenvalue weighted by Crippen LogP contribution is 2.22. The van der Waals surface area contributed by atoms with Crippen molar-refractivity contribution in [2.75, 3.05) is 62.3 Å². The van der Waals surface area contributed by atoms with Gasteiger partial charge in [0.15, 0.2) is 0 Å². The molecule has 0 radical (unpaired) electrons. The molecule has 3 heterocycles. The van der Waals surface area contributed by atoms with Crippen molar-refractivity contribution in [1.29, 1.82) is 0 Å². The largest absolute Gasteiger partial charge is 0.378 e. The Bertz CT molecular complexity index is 790. The highest BCUT2D eigenvalue weighted by Gasteiger charge is 2.24. The quantitative estimate of drug-likeness (QED) is 0.750. The molecule has 2 aliphatic heterocycles. The molecular formula is C19H22ClN5O2. The number of hydrogen-bond acceptors (Lipinski definition) is 6. The van der Waals surface area contributed by atoms with Crippen molar-refractivity contribution in [2.45, 2.75) is 0 Å². The molecule has 4 rings (SSSR count). The molecule has 0 saturated carbocycles. The van der Waals surface area contributed by atoms with Gasteiger partial charge < -0.3 is 19.4 Å². The highest BCUT2D eigenvalue weighted by atomic mass is 35.5. The molecule has 2 aromatic rings. The van der Waals surface area contributed by atoms with Crippen LogP contribution in [0.15, 0.2) is 36.4 Å². The molecule has 2 saturated heterocycles. The van der Waals surface area contributed by atoms with Gasteiger partial charge in [-0.25, -0.2) is 4.98 Å². The Morgan fingerprint density at radius 1 is 0.926 bits per heavy atom. The van der Waals surface area contributed by atoms with E-state index in [9.17, 15) is 4.79 Å². The molecule has 2 aliphatic rings. The normalized spacial score (nSPS) is 17.9. The van der Waals surface area contributed by atoms with Crippen LogP contribution in [0.3, 0.4) is 0 Å². The minimum Gasteiger partial charge on any atom is -0.378 e. The van der Waals surface area contributed by atoms with E-state index < -0.39 is 0 Å². The van der Waals surface area contributed by atoms with Gasteiger partial charge in [0.25, 0.3) is 5.91 Å². The maximum absolute atomic E-state index is 12.6. The minimum atomic E-state index is 0.0741. The maximum Gasteiger partial charge on any atom is 0.253 e. The molecule has 8 heteroatoms. The smallest absolute Gasteiger partial charge is 0.253 e. The lowest BCUT2D eigenvalue weighted by Crippen LogP contribution is -2.49. The van der Waals surface area contributed by atoms with Crippen LogP contribution in [-0.2, 0) is 4.74 Å². The average molecular weight is 388 g/mol. The van der Waals surface area contributed by atoms with Crippen molar-refractivity contribution in [2.24, 2.45) is 0 Å². The van der Waals surface area contributed by atoms with Gasteiger partial charge in [0.2, 0.25) is 5.95 Å². The first-order valence-corrected chi connectivity index (χ1v) is 9.55. The molecule has 1 aromatic heterocycles. The molecule has 0 aliphatic carbocycles. The number of piperazine rings is 1. The molecule has 0 N–H and O–H groups in total. The Balaban J connectivity index is 1.43. The Morgan fingerprint density at radius 3 is 2.33 bits per heavy atom. The van der Waals surface area contributed by atoms with Crippen LogP contribution in [0.25, 0.3) is 0 Å². The van der Waals surface area contributed by atoms with Crippen molar-refractivity contribution in [3.05, 3.63) is 47.1 Å². The number of aromatic nitrogens is 2. The number of halogens is 1. The molecule has 1 amide bonds. The number of benzene rings is 1. The molecule has 0 spiro atoms.